The smallest absolute Gasteiger partial charge is 0.230 e. The molecule has 0 radical (unpaired) electrons. The van der Waals surface area contributed by atoms with Gasteiger partial charge in [-0.2, -0.15) is 9.49 Å². The van der Waals surface area contributed by atoms with E-state index in [1.54, 1.807) is 23.1 Å². The number of aromatic nitrogens is 4. The predicted molar refractivity (Wildman–Crippen MR) is 51.0 cm³/mol. The van der Waals surface area contributed by atoms with Crippen LogP contribution in [0.1, 0.15) is 5.82 Å². The van der Waals surface area contributed by atoms with Gasteiger partial charge in [-0.1, -0.05) is 0 Å². The molecule has 0 unspecified atom stereocenters. The zero-order chi connectivity index (χ0) is 9.97. The van der Waals surface area contributed by atoms with E-state index in [4.69, 9.17) is 0 Å². The molecule has 2 aromatic heterocycles. The third-order valence-electron chi connectivity index (χ3n) is 1.61. The highest BCUT2D eigenvalue weighted by molar-refractivity contribution is 9.10. The van der Waals surface area contributed by atoms with E-state index in [-0.39, 0.29) is 4.47 Å². The third kappa shape index (κ3) is 1.95. The van der Waals surface area contributed by atoms with Crippen LogP contribution in [0, 0.1) is 5.95 Å². The number of halogens is 2. The maximum absolute atomic E-state index is 13.0. The highest BCUT2D eigenvalue weighted by atomic mass is 79.9. The molecule has 0 aromatic carbocycles. The van der Waals surface area contributed by atoms with Crippen LogP contribution >= 0.6 is 15.9 Å². The number of hydrogen-bond acceptors (Lipinski definition) is 3. The summed E-state index contributed by atoms with van der Waals surface area (Å²) in [6.45, 7) is 0.372. The van der Waals surface area contributed by atoms with E-state index >= 15 is 0 Å². The molecule has 0 aliphatic rings. The van der Waals surface area contributed by atoms with E-state index in [2.05, 4.69) is 31.0 Å². The molecule has 0 aliphatic carbocycles. The van der Waals surface area contributed by atoms with E-state index in [1.807, 2.05) is 0 Å². The molecule has 0 spiro atoms. The van der Waals surface area contributed by atoms with E-state index in [1.165, 1.54) is 6.20 Å². The molecule has 0 N–H and O–H groups in total. The first-order valence-electron chi connectivity index (χ1n) is 3.90. The van der Waals surface area contributed by atoms with Crippen LogP contribution in [0.5, 0.6) is 0 Å². The Morgan fingerprint density at radius 3 is 3.00 bits per heavy atom. The summed E-state index contributed by atoms with van der Waals surface area (Å²) in [6.07, 6.45) is 4.81. The molecule has 6 heteroatoms. The van der Waals surface area contributed by atoms with Crippen LogP contribution in [0.3, 0.4) is 0 Å². The van der Waals surface area contributed by atoms with E-state index in [0.717, 1.165) is 0 Å². The molecule has 14 heavy (non-hydrogen) atoms. The van der Waals surface area contributed by atoms with Gasteiger partial charge in [0, 0.05) is 18.6 Å². The molecule has 0 fully saturated rings. The van der Waals surface area contributed by atoms with Gasteiger partial charge in [0.05, 0.1) is 4.47 Å². The van der Waals surface area contributed by atoms with Gasteiger partial charge in [0.2, 0.25) is 5.95 Å². The van der Waals surface area contributed by atoms with Gasteiger partial charge in [-0.15, -0.1) is 0 Å². The average Bonchev–Trinajstić information content (AvgIpc) is 2.64. The minimum absolute atomic E-state index is 0.265. The molecule has 0 amide bonds. The second-order valence-corrected chi connectivity index (χ2v) is 3.48. The topological polar surface area (TPSA) is 43.6 Å². The van der Waals surface area contributed by atoms with Crippen LogP contribution in [-0.4, -0.2) is 19.7 Å². The summed E-state index contributed by atoms with van der Waals surface area (Å²) in [5, 5.41) is 3.97. The molecular weight excluding hydrogens is 251 g/mol. The molecule has 0 aliphatic heterocycles. The lowest BCUT2D eigenvalue weighted by molar-refractivity contribution is 0.550. The summed E-state index contributed by atoms with van der Waals surface area (Å²) in [4.78, 5) is 7.62. The lowest BCUT2D eigenvalue weighted by atomic mass is 10.5. The van der Waals surface area contributed by atoms with Gasteiger partial charge in [-0.25, -0.2) is 9.97 Å². The molecule has 0 atom stereocenters. The summed E-state index contributed by atoms with van der Waals surface area (Å²) in [7, 11) is 0. The first-order chi connectivity index (χ1) is 6.75. The number of hydrogen-bond donors (Lipinski definition) is 0. The van der Waals surface area contributed by atoms with Crippen LogP contribution in [0.25, 0.3) is 0 Å². The average molecular weight is 257 g/mol. The summed E-state index contributed by atoms with van der Waals surface area (Å²) in [5.74, 6) is -0.156. The zero-order valence-corrected chi connectivity index (χ0v) is 8.65. The van der Waals surface area contributed by atoms with Crippen LogP contribution in [0.4, 0.5) is 4.39 Å². The van der Waals surface area contributed by atoms with Crippen molar-refractivity contribution in [2.75, 3.05) is 0 Å². The SMILES string of the molecule is Fc1nc(Cn2cccn2)ncc1Br. The summed E-state index contributed by atoms with van der Waals surface area (Å²) in [6, 6.07) is 1.79. The second-order valence-electron chi connectivity index (χ2n) is 2.63. The Labute approximate surface area is 87.9 Å². The lowest BCUT2D eigenvalue weighted by Crippen LogP contribution is -2.05. The molecule has 0 bridgehead atoms. The Morgan fingerprint density at radius 2 is 2.36 bits per heavy atom. The highest BCUT2D eigenvalue weighted by Crippen LogP contribution is 2.10. The molecule has 72 valence electrons. The summed E-state index contributed by atoms with van der Waals surface area (Å²) >= 11 is 2.98. The van der Waals surface area contributed by atoms with Gasteiger partial charge < -0.3 is 0 Å². The molecular formula is C8H6BrFN4. The normalized spacial score (nSPS) is 10.4. The van der Waals surface area contributed by atoms with Gasteiger partial charge in [-0.3, -0.25) is 4.68 Å². The third-order valence-corrected chi connectivity index (χ3v) is 2.15. The maximum Gasteiger partial charge on any atom is 0.230 e. The van der Waals surface area contributed by atoms with Gasteiger partial charge in [0.1, 0.15) is 6.54 Å². The lowest BCUT2D eigenvalue weighted by Gasteiger charge is -2.00. The van der Waals surface area contributed by atoms with Gasteiger partial charge in [-0.05, 0) is 22.0 Å². The number of rotatable bonds is 2. The van der Waals surface area contributed by atoms with Crippen molar-refractivity contribution < 1.29 is 4.39 Å². The van der Waals surface area contributed by atoms with Crippen LogP contribution in [0.2, 0.25) is 0 Å². The second kappa shape index (κ2) is 3.83. The van der Waals surface area contributed by atoms with Crippen molar-refractivity contribution in [2.45, 2.75) is 6.54 Å². The van der Waals surface area contributed by atoms with Crippen molar-refractivity contribution in [3.05, 3.63) is 40.9 Å². The van der Waals surface area contributed by atoms with Gasteiger partial charge in [0.15, 0.2) is 5.82 Å². The van der Waals surface area contributed by atoms with Crippen LogP contribution in [0.15, 0.2) is 29.1 Å². The summed E-state index contributed by atoms with van der Waals surface area (Å²) < 4.78 is 14.9. The number of nitrogens with zero attached hydrogens (tertiary/aromatic N) is 4. The van der Waals surface area contributed by atoms with Crippen LogP contribution < -0.4 is 0 Å². The van der Waals surface area contributed by atoms with Gasteiger partial charge >= 0.3 is 0 Å². The maximum atomic E-state index is 13.0. The fraction of sp³-hybridized carbons (Fsp3) is 0.125. The first kappa shape index (κ1) is 9.26. The standard InChI is InChI=1S/C8H6BrFN4/c9-6-4-11-7(13-8(6)10)5-14-3-1-2-12-14/h1-4H,5H2. The molecule has 2 rings (SSSR count). The van der Waals surface area contributed by atoms with Crippen molar-refractivity contribution in [1.82, 2.24) is 19.7 Å². The molecule has 2 aromatic rings. The fourth-order valence-corrected chi connectivity index (χ4v) is 1.19. The Kier molecular flexibility index (Phi) is 2.53. The Balaban J connectivity index is 2.22. The Morgan fingerprint density at radius 1 is 1.50 bits per heavy atom. The zero-order valence-electron chi connectivity index (χ0n) is 7.06. The molecule has 2 heterocycles. The largest absolute Gasteiger partial charge is 0.265 e. The van der Waals surface area contributed by atoms with Gasteiger partial charge in [0.25, 0.3) is 0 Å². The molecule has 0 saturated heterocycles. The predicted octanol–water partition coefficient (Wildman–Crippen LogP) is 1.62. The minimum atomic E-state index is -0.554. The Bertz CT molecular complexity index is 429. The van der Waals surface area contributed by atoms with Crippen molar-refractivity contribution in [1.29, 1.82) is 0 Å². The highest BCUT2D eigenvalue weighted by Gasteiger charge is 2.04. The Hall–Kier alpha value is -1.30. The minimum Gasteiger partial charge on any atom is -0.265 e. The van der Waals surface area contributed by atoms with Crippen molar-refractivity contribution in [3.63, 3.8) is 0 Å². The van der Waals surface area contributed by atoms with E-state index in [0.29, 0.717) is 12.4 Å². The van der Waals surface area contributed by atoms with Crippen LogP contribution in [-0.2, 0) is 6.54 Å². The van der Waals surface area contributed by atoms with Crippen molar-refractivity contribution in [2.24, 2.45) is 0 Å². The quantitative estimate of drug-likeness (QED) is 0.768. The van der Waals surface area contributed by atoms with Crippen molar-refractivity contribution >= 4 is 15.9 Å². The summed E-state index contributed by atoms with van der Waals surface area (Å²) in [5.41, 5.74) is 0. The van der Waals surface area contributed by atoms with Crippen molar-refractivity contribution in [3.8, 4) is 0 Å². The molecule has 0 saturated carbocycles. The first-order valence-corrected chi connectivity index (χ1v) is 4.69. The van der Waals surface area contributed by atoms with E-state index in [9.17, 15) is 4.39 Å². The fourth-order valence-electron chi connectivity index (χ4n) is 0.995. The molecule has 4 nitrogen and oxygen atoms in total. The van der Waals surface area contributed by atoms with E-state index < -0.39 is 5.95 Å². The monoisotopic (exact) mass is 256 g/mol.